The largest absolute Gasteiger partial charge is 0.368 e. The Labute approximate surface area is 273 Å². The average Bonchev–Trinajstić information content (AvgIpc) is 3.89. The van der Waals surface area contributed by atoms with Crippen molar-refractivity contribution in [2.75, 3.05) is 57.8 Å². The number of benzene rings is 1. The van der Waals surface area contributed by atoms with Crippen LogP contribution in [0.3, 0.4) is 0 Å². The Kier molecular flexibility index (Phi) is 8.05. The first kappa shape index (κ1) is 30.6. The highest BCUT2D eigenvalue weighted by atomic mass is 19.1. The van der Waals surface area contributed by atoms with Crippen molar-refractivity contribution in [2.45, 2.75) is 83.2 Å². The van der Waals surface area contributed by atoms with E-state index in [-0.39, 0.29) is 59.3 Å². The van der Waals surface area contributed by atoms with Gasteiger partial charge in [0.05, 0.1) is 11.8 Å². The van der Waals surface area contributed by atoms with Crippen molar-refractivity contribution in [3.8, 4) is 0 Å². The number of hydrogen-bond donors (Lipinski definition) is 0. The van der Waals surface area contributed by atoms with Crippen LogP contribution in [0.5, 0.6) is 0 Å². The number of fused-ring (bicyclic) bond motifs is 6. The molecule has 6 fully saturated rings. The van der Waals surface area contributed by atoms with Crippen molar-refractivity contribution in [1.82, 2.24) is 19.6 Å². The van der Waals surface area contributed by atoms with Gasteiger partial charge >= 0.3 is 6.03 Å². The molecule has 0 spiro atoms. The van der Waals surface area contributed by atoms with E-state index in [1.165, 1.54) is 24.8 Å². The number of carbonyl (C=O) groups excluding carboxylic acids is 3. The molecule has 7 aliphatic rings. The van der Waals surface area contributed by atoms with E-state index in [0.717, 1.165) is 89.9 Å². The van der Waals surface area contributed by atoms with Crippen LogP contribution in [-0.4, -0.2) is 102 Å². The number of imide groups is 1. The van der Waals surface area contributed by atoms with E-state index < -0.39 is 0 Å². The van der Waals surface area contributed by atoms with Crippen molar-refractivity contribution >= 4 is 23.5 Å². The summed E-state index contributed by atoms with van der Waals surface area (Å²) >= 11 is 0. The van der Waals surface area contributed by atoms with Gasteiger partial charge in [0.15, 0.2) is 0 Å². The third kappa shape index (κ3) is 5.05. The van der Waals surface area contributed by atoms with Crippen LogP contribution in [0.4, 0.5) is 14.9 Å². The first-order chi connectivity index (χ1) is 22.3. The standard InChI is InChI=1S/C37H52FN5O3/c1-23-29-20-30(34(23)39(2)37(46)41-14-5-6-15-41)33-32(29)35(44)43(36(33)45)22-26-8-4-3-7-25(26)21-40-16-12-28(13-17-40)42-18-11-24-9-10-27(38)19-31(24)42/h9-10,19,23,25-26,28-30,32-34H,3-8,11-18,20-22H2,1-2H3/t23?,25-,26-,29?,30?,32?,33?,34?/m0/s1. The molecular formula is C37H52FN5O3. The van der Waals surface area contributed by atoms with E-state index >= 15 is 0 Å². The smallest absolute Gasteiger partial charge is 0.320 e. The van der Waals surface area contributed by atoms with Gasteiger partial charge in [-0.3, -0.25) is 14.5 Å². The molecule has 0 radical (unpaired) electrons. The van der Waals surface area contributed by atoms with Gasteiger partial charge in [0.2, 0.25) is 11.8 Å². The fourth-order valence-corrected chi connectivity index (χ4v) is 11.4. The Morgan fingerprint density at radius 1 is 0.870 bits per heavy atom. The number of likely N-dealkylation sites (tertiary alicyclic amines) is 3. The number of amides is 4. The quantitative estimate of drug-likeness (QED) is 0.419. The second kappa shape index (κ2) is 12.1. The summed E-state index contributed by atoms with van der Waals surface area (Å²) in [5.74, 6) is 0.912. The number of nitrogens with zero attached hydrogens (tertiary/aromatic N) is 5. The van der Waals surface area contributed by atoms with Gasteiger partial charge in [0.1, 0.15) is 5.82 Å². The van der Waals surface area contributed by atoms with E-state index in [0.29, 0.717) is 24.4 Å². The van der Waals surface area contributed by atoms with Crippen molar-refractivity contribution in [2.24, 2.45) is 41.4 Å². The summed E-state index contributed by atoms with van der Waals surface area (Å²) in [6.45, 7) is 8.55. The molecule has 3 aliphatic carbocycles. The van der Waals surface area contributed by atoms with Gasteiger partial charge in [-0.15, -0.1) is 0 Å². The highest BCUT2D eigenvalue weighted by molar-refractivity contribution is 6.06. The molecule has 3 saturated carbocycles. The molecule has 1 aromatic carbocycles. The number of piperidine rings is 1. The van der Waals surface area contributed by atoms with Gasteiger partial charge in [-0.1, -0.05) is 25.8 Å². The molecule has 6 unspecified atom stereocenters. The molecule has 2 bridgehead atoms. The molecule has 4 heterocycles. The molecule has 8 nitrogen and oxygen atoms in total. The molecule has 9 heteroatoms. The summed E-state index contributed by atoms with van der Waals surface area (Å²) in [5, 5.41) is 0. The Morgan fingerprint density at radius 3 is 2.26 bits per heavy atom. The number of rotatable bonds is 6. The summed E-state index contributed by atoms with van der Waals surface area (Å²) in [6, 6.07) is 5.85. The monoisotopic (exact) mass is 633 g/mol. The van der Waals surface area contributed by atoms with Gasteiger partial charge < -0.3 is 19.6 Å². The van der Waals surface area contributed by atoms with Gasteiger partial charge in [-0.25, -0.2) is 9.18 Å². The van der Waals surface area contributed by atoms with Crippen LogP contribution in [0.25, 0.3) is 0 Å². The minimum atomic E-state index is -0.252. The van der Waals surface area contributed by atoms with Gasteiger partial charge in [-0.2, -0.15) is 0 Å². The lowest BCUT2D eigenvalue weighted by atomic mass is 9.72. The molecule has 250 valence electrons. The van der Waals surface area contributed by atoms with Crippen LogP contribution in [0.1, 0.15) is 70.3 Å². The van der Waals surface area contributed by atoms with E-state index in [1.807, 2.05) is 22.9 Å². The topological polar surface area (TPSA) is 67.4 Å². The first-order valence-corrected chi connectivity index (χ1v) is 18.4. The molecule has 4 aliphatic heterocycles. The van der Waals surface area contributed by atoms with E-state index in [2.05, 4.69) is 16.7 Å². The van der Waals surface area contributed by atoms with Gasteiger partial charge in [0, 0.05) is 70.6 Å². The lowest BCUT2D eigenvalue weighted by Crippen LogP contribution is -2.52. The fraction of sp³-hybridized carbons (Fsp3) is 0.757. The second-order valence-electron chi connectivity index (χ2n) is 15.9. The minimum absolute atomic E-state index is 0.0365. The molecule has 8 rings (SSSR count). The number of anilines is 1. The van der Waals surface area contributed by atoms with Gasteiger partial charge in [0.25, 0.3) is 0 Å². The Balaban J connectivity index is 0.896. The lowest BCUT2D eigenvalue weighted by Gasteiger charge is -2.41. The Morgan fingerprint density at radius 2 is 1.54 bits per heavy atom. The zero-order chi connectivity index (χ0) is 31.7. The van der Waals surface area contributed by atoms with E-state index in [1.54, 1.807) is 17.0 Å². The third-order valence-electron chi connectivity index (χ3n) is 13.7. The van der Waals surface area contributed by atoms with Crippen LogP contribution in [0, 0.1) is 47.2 Å². The Bertz CT molecular complexity index is 1360. The maximum Gasteiger partial charge on any atom is 0.320 e. The van der Waals surface area contributed by atoms with E-state index in [9.17, 15) is 18.8 Å². The molecule has 0 N–H and O–H groups in total. The highest BCUT2D eigenvalue weighted by Gasteiger charge is 2.67. The molecule has 3 saturated heterocycles. The highest BCUT2D eigenvalue weighted by Crippen LogP contribution is 2.60. The number of carbonyl (C=O) groups is 3. The maximum absolute atomic E-state index is 14.1. The third-order valence-corrected chi connectivity index (χ3v) is 13.7. The van der Waals surface area contributed by atoms with Crippen LogP contribution < -0.4 is 4.90 Å². The van der Waals surface area contributed by atoms with Crippen molar-refractivity contribution < 1.29 is 18.8 Å². The predicted molar refractivity (Wildman–Crippen MR) is 175 cm³/mol. The normalized spacial score (nSPS) is 36.2. The average molecular weight is 634 g/mol. The number of urea groups is 1. The maximum atomic E-state index is 14.1. The fourth-order valence-electron chi connectivity index (χ4n) is 11.4. The number of hydrogen-bond acceptors (Lipinski definition) is 5. The van der Waals surface area contributed by atoms with Crippen LogP contribution >= 0.6 is 0 Å². The van der Waals surface area contributed by atoms with Crippen molar-refractivity contribution in [3.63, 3.8) is 0 Å². The molecule has 4 amide bonds. The molecule has 0 aromatic heterocycles. The predicted octanol–water partition coefficient (Wildman–Crippen LogP) is 4.86. The summed E-state index contributed by atoms with van der Waals surface area (Å²) in [6.07, 6.45) is 10.9. The Hall–Kier alpha value is -2.68. The van der Waals surface area contributed by atoms with Crippen molar-refractivity contribution in [3.05, 3.63) is 29.6 Å². The molecule has 1 aromatic rings. The van der Waals surface area contributed by atoms with Crippen LogP contribution in [0.15, 0.2) is 18.2 Å². The zero-order valence-corrected chi connectivity index (χ0v) is 27.8. The summed E-state index contributed by atoms with van der Waals surface area (Å²) < 4.78 is 14.0. The van der Waals surface area contributed by atoms with Gasteiger partial charge in [-0.05, 0) is 98.7 Å². The molecule has 46 heavy (non-hydrogen) atoms. The molecule has 8 atom stereocenters. The number of halogens is 1. The van der Waals surface area contributed by atoms with E-state index in [4.69, 9.17) is 0 Å². The minimum Gasteiger partial charge on any atom is -0.368 e. The van der Waals surface area contributed by atoms with Crippen LogP contribution in [-0.2, 0) is 16.0 Å². The lowest BCUT2D eigenvalue weighted by molar-refractivity contribution is -0.142. The molecular weight excluding hydrogens is 581 g/mol. The first-order valence-electron chi connectivity index (χ1n) is 18.4. The van der Waals surface area contributed by atoms with Crippen LogP contribution in [0.2, 0.25) is 0 Å². The zero-order valence-electron chi connectivity index (χ0n) is 27.8. The summed E-state index contributed by atoms with van der Waals surface area (Å²) in [4.78, 5) is 52.0. The summed E-state index contributed by atoms with van der Waals surface area (Å²) in [5.41, 5.74) is 2.36. The SMILES string of the molecule is CC1C2CC(C3C(=O)N(C[C@@H]4CCCC[C@H]4CN4CCC(N5CCc6ccc(F)cc65)CC4)C(=O)C23)C1N(C)C(=O)N1CCCC1. The van der Waals surface area contributed by atoms with Crippen molar-refractivity contribution in [1.29, 1.82) is 0 Å². The second-order valence-corrected chi connectivity index (χ2v) is 15.9. The summed E-state index contributed by atoms with van der Waals surface area (Å²) in [7, 11) is 1.93.